The first kappa shape index (κ1) is 26.6. The van der Waals surface area contributed by atoms with Crippen LogP contribution >= 0.6 is 27.5 Å². The molecule has 7 heteroatoms. The molecule has 184 valence electrons. The van der Waals surface area contributed by atoms with Crippen LogP contribution in [0.25, 0.3) is 0 Å². The molecular weight excluding hydrogens is 516 g/mol. The second-order valence-corrected chi connectivity index (χ2v) is 10.6. The largest absolute Gasteiger partial charge is 0.483 e. The van der Waals surface area contributed by atoms with Crippen molar-refractivity contribution in [3.05, 3.63) is 63.1 Å². The van der Waals surface area contributed by atoms with Crippen molar-refractivity contribution in [1.29, 1.82) is 0 Å². The molecule has 5 nitrogen and oxygen atoms in total. The normalized spacial score (nSPS) is 15.1. The van der Waals surface area contributed by atoms with E-state index in [1.165, 1.54) is 12.0 Å². The SMILES string of the molecule is CC(C)c1ccc(OCC(=O)N(Cc2cccc(Cl)c2)[C@@H](C)C(=O)NC2CCCCC2)c(Br)c1. The predicted molar refractivity (Wildman–Crippen MR) is 140 cm³/mol. The first-order chi connectivity index (χ1) is 16.2. The van der Waals surface area contributed by atoms with Gasteiger partial charge in [0, 0.05) is 17.6 Å². The number of benzene rings is 2. The summed E-state index contributed by atoms with van der Waals surface area (Å²) >= 11 is 9.70. The lowest BCUT2D eigenvalue weighted by molar-refractivity contribution is -0.142. The lowest BCUT2D eigenvalue weighted by Crippen LogP contribution is -2.51. The third-order valence-electron chi connectivity index (χ3n) is 6.33. The van der Waals surface area contributed by atoms with Crippen LogP contribution in [-0.4, -0.2) is 35.4 Å². The lowest BCUT2D eigenvalue weighted by Gasteiger charge is -2.31. The average molecular weight is 550 g/mol. The lowest BCUT2D eigenvalue weighted by atomic mass is 9.95. The molecule has 2 aromatic rings. The quantitative estimate of drug-likeness (QED) is 0.390. The van der Waals surface area contributed by atoms with Crippen LogP contribution in [0.15, 0.2) is 46.9 Å². The fraction of sp³-hybridized carbons (Fsp3) is 0.481. The van der Waals surface area contributed by atoms with Gasteiger partial charge in [-0.2, -0.15) is 0 Å². The van der Waals surface area contributed by atoms with Gasteiger partial charge in [-0.25, -0.2) is 0 Å². The highest BCUT2D eigenvalue weighted by Gasteiger charge is 2.28. The van der Waals surface area contributed by atoms with E-state index in [2.05, 4.69) is 35.1 Å². The Labute approximate surface area is 216 Å². The Balaban J connectivity index is 1.72. The molecule has 2 aromatic carbocycles. The minimum absolute atomic E-state index is 0.134. The molecule has 0 spiro atoms. The molecule has 1 fully saturated rings. The van der Waals surface area contributed by atoms with Crippen molar-refractivity contribution >= 4 is 39.3 Å². The Bertz CT molecular complexity index is 992. The van der Waals surface area contributed by atoms with Crippen molar-refractivity contribution in [1.82, 2.24) is 10.2 Å². The van der Waals surface area contributed by atoms with Crippen LogP contribution in [0, 0.1) is 0 Å². The van der Waals surface area contributed by atoms with Gasteiger partial charge in [-0.3, -0.25) is 9.59 Å². The summed E-state index contributed by atoms with van der Waals surface area (Å²) in [4.78, 5) is 27.9. The summed E-state index contributed by atoms with van der Waals surface area (Å²) in [7, 11) is 0. The highest BCUT2D eigenvalue weighted by molar-refractivity contribution is 9.10. The maximum absolute atomic E-state index is 13.3. The molecular formula is C27H34BrClN2O3. The number of hydrogen-bond acceptors (Lipinski definition) is 3. The summed E-state index contributed by atoms with van der Waals surface area (Å²) in [6, 6.07) is 12.8. The summed E-state index contributed by atoms with van der Waals surface area (Å²) in [5.74, 6) is 0.597. The fourth-order valence-corrected chi connectivity index (χ4v) is 4.92. The Morgan fingerprint density at radius 1 is 1.12 bits per heavy atom. The van der Waals surface area contributed by atoms with Crippen molar-refractivity contribution in [2.24, 2.45) is 0 Å². The maximum atomic E-state index is 13.3. The van der Waals surface area contributed by atoms with E-state index in [9.17, 15) is 9.59 Å². The number of carbonyl (C=O) groups is 2. The Morgan fingerprint density at radius 2 is 1.85 bits per heavy atom. The Hall–Kier alpha value is -2.05. The zero-order valence-corrected chi connectivity index (χ0v) is 22.5. The van der Waals surface area contributed by atoms with E-state index in [-0.39, 0.29) is 31.0 Å². The molecule has 1 aliphatic carbocycles. The number of nitrogens with one attached hydrogen (secondary N) is 1. The molecule has 2 amide bonds. The first-order valence-corrected chi connectivity index (χ1v) is 13.2. The van der Waals surface area contributed by atoms with E-state index in [1.54, 1.807) is 17.9 Å². The molecule has 1 saturated carbocycles. The highest BCUT2D eigenvalue weighted by Crippen LogP contribution is 2.29. The average Bonchev–Trinajstić information content (AvgIpc) is 2.81. The molecule has 0 aliphatic heterocycles. The molecule has 1 atom stereocenters. The van der Waals surface area contributed by atoms with Crippen molar-refractivity contribution < 1.29 is 14.3 Å². The predicted octanol–water partition coefficient (Wildman–Crippen LogP) is 6.47. The topological polar surface area (TPSA) is 58.6 Å². The second kappa shape index (κ2) is 12.6. The summed E-state index contributed by atoms with van der Waals surface area (Å²) in [5, 5.41) is 3.74. The monoisotopic (exact) mass is 548 g/mol. The van der Waals surface area contributed by atoms with Gasteiger partial charge in [0.2, 0.25) is 5.91 Å². The van der Waals surface area contributed by atoms with Gasteiger partial charge >= 0.3 is 0 Å². The van der Waals surface area contributed by atoms with Crippen LogP contribution < -0.4 is 10.1 Å². The number of nitrogens with zero attached hydrogens (tertiary/aromatic N) is 1. The molecule has 1 aliphatic rings. The van der Waals surface area contributed by atoms with Gasteiger partial charge in [0.05, 0.1) is 4.47 Å². The molecule has 0 saturated heterocycles. The van der Waals surface area contributed by atoms with Crippen LogP contribution in [0.1, 0.15) is 69.9 Å². The third kappa shape index (κ3) is 7.47. The molecule has 1 N–H and O–H groups in total. The van der Waals surface area contributed by atoms with Crippen LogP contribution in [0.4, 0.5) is 0 Å². The molecule has 0 unspecified atom stereocenters. The van der Waals surface area contributed by atoms with E-state index >= 15 is 0 Å². The summed E-state index contributed by atoms with van der Waals surface area (Å²) in [6.07, 6.45) is 5.45. The summed E-state index contributed by atoms with van der Waals surface area (Å²) < 4.78 is 6.66. The van der Waals surface area contributed by atoms with Crippen LogP contribution in [0.2, 0.25) is 5.02 Å². The van der Waals surface area contributed by atoms with Gasteiger partial charge < -0.3 is 15.0 Å². The second-order valence-electron chi connectivity index (χ2n) is 9.30. The molecule has 3 rings (SSSR count). The summed E-state index contributed by atoms with van der Waals surface area (Å²) in [5.41, 5.74) is 2.04. The number of rotatable bonds is 9. The molecule has 0 bridgehead atoms. The number of carbonyl (C=O) groups excluding carboxylic acids is 2. The van der Waals surface area contributed by atoms with Crippen LogP contribution in [-0.2, 0) is 16.1 Å². The Morgan fingerprint density at radius 3 is 2.50 bits per heavy atom. The number of hydrogen-bond donors (Lipinski definition) is 1. The van der Waals surface area contributed by atoms with E-state index < -0.39 is 6.04 Å². The van der Waals surface area contributed by atoms with E-state index in [0.717, 1.165) is 35.7 Å². The maximum Gasteiger partial charge on any atom is 0.261 e. The summed E-state index contributed by atoms with van der Waals surface area (Å²) in [6.45, 7) is 6.13. The zero-order chi connectivity index (χ0) is 24.7. The smallest absolute Gasteiger partial charge is 0.261 e. The number of ether oxygens (including phenoxy) is 1. The molecule has 0 radical (unpaired) electrons. The van der Waals surface area contributed by atoms with E-state index in [0.29, 0.717) is 16.7 Å². The van der Waals surface area contributed by atoms with Gasteiger partial charge in [0.25, 0.3) is 5.91 Å². The molecule has 34 heavy (non-hydrogen) atoms. The number of halogens is 2. The van der Waals surface area contributed by atoms with Gasteiger partial charge in [-0.1, -0.05) is 62.9 Å². The van der Waals surface area contributed by atoms with Crippen molar-refractivity contribution in [3.8, 4) is 5.75 Å². The van der Waals surface area contributed by atoms with Gasteiger partial charge in [0.15, 0.2) is 6.61 Å². The van der Waals surface area contributed by atoms with Crippen molar-refractivity contribution in [3.63, 3.8) is 0 Å². The molecule has 0 aromatic heterocycles. The minimum Gasteiger partial charge on any atom is -0.483 e. The standard InChI is InChI=1S/C27H34BrClN2O3/c1-18(2)21-12-13-25(24(28)15-21)34-17-26(32)31(16-20-8-7-9-22(29)14-20)19(3)27(33)30-23-10-5-4-6-11-23/h7-9,12-15,18-19,23H,4-6,10-11,16-17H2,1-3H3,(H,30,33)/t19-/m0/s1. The fourth-order valence-electron chi connectivity index (χ4n) is 4.20. The zero-order valence-electron chi connectivity index (χ0n) is 20.2. The Kier molecular flexibility index (Phi) is 9.84. The van der Waals surface area contributed by atoms with Crippen LogP contribution in [0.3, 0.4) is 0 Å². The highest BCUT2D eigenvalue weighted by atomic mass is 79.9. The van der Waals surface area contributed by atoms with E-state index in [1.807, 2.05) is 36.4 Å². The van der Waals surface area contributed by atoms with Crippen LogP contribution in [0.5, 0.6) is 5.75 Å². The van der Waals surface area contributed by atoms with Crippen molar-refractivity contribution in [2.75, 3.05) is 6.61 Å². The number of amides is 2. The third-order valence-corrected chi connectivity index (χ3v) is 7.19. The first-order valence-electron chi connectivity index (χ1n) is 12.0. The van der Waals surface area contributed by atoms with E-state index in [4.69, 9.17) is 16.3 Å². The minimum atomic E-state index is -0.635. The van der Waals surface area contributed by atoms with Gasteiger partial charge in [0.1, 0.15) is 11.8 Å². The van der Waals surface area contributed by atoms with Gasteiger partial charge in [-0.15, -0.1) is 0 Å². The molecule has 0 heterocycles. The van der Waals surface area contributed by atoms with Crippen molar-refractivity contribution in [2.45, 2.75) is 77.4 Å². The van der Waals surface area contributed by atoms with Gasteiger partial charge in [-0.05, 0) is 77.0 Å².